The Bertz CT molecular complexity index is 1270. The van der Waals surface area contributed by atoms with Crippen LogP contribution in [0.4, 0.5) is 31.1 Å². The second-order valence-corrected chi connectivity index (χ2v) is 9.68. The third kappa shape index (κ3) is 5.88. The number of hydrogen-bond acceptors (Lipinski definition) is 6. The molecule has 0 aliphatic carbocycles. The van der Waals surface area contributed by atoms with Gasteiger partial charge in [0.2, 0.25) is 0 Å². The van der Waals surface area contributed by atoms with E-state index in [1.807, 2.05) is 0 Å². The number of rotatable bonds is 11. The van der Waals surface area contributed by atoms with E-state index in [0.29, 0.717) is 18.6 Å². The number of aliphatic hydroxyl groups is 1. The Balaban J connectivity index is 1.67. The summed E-state index contributed by atoms with van der Waals surface area (Å²) in [6, 6.07) is 5.26. The molecule has 0 bridgehead atoms. The predicted octanol–water partition coefficient (Wildman–Crippen LogP) is 5.38. The number of benzene rings is 2. The van der Waals surface area contributed by atoms with Crippen molar-refractivity contribution in [3.8, 4) is 17.2 Å². The number of nitrogens with zero attached hydrogens (tertiary/aromatic N) is 1. The molecule has 1 fully saturated rings. The fraction of sp³-hybridized carbons (Fsp3) is 0.481. The molecule has 14 heteroatoms. The molecule has 1 atom stereocenters. The number of carbonyl (C=O) groups is 2. The van der Waals surface area contributed by atoms with Crippen LogP contribution in [-0.4, -0.2) is 57.7 Å². The molecular formula is C27H30F6N2O6. The molecule has 1 heterocycles. The number of alkyl halides is 6. The second kappa shape index (κ2) is 11.7. The number of amides is 3. The standard InChI is InChI=1S/C27H30F6N2O6/c1-3-7-16-14-18(25(40,26(28,29)30)27(31,32)33)9-11-21(16)41-13-6-5-12-35-22(38)24(4-2,34-23(35)39)17-8-10-19(36)20(37)15-17/h8-11,14-15,36-37,40H,3-7,12-13H2,1-2H3,(H,34,39). The molecule has 41 heavy (non-hydrogen) atoms. The first-order valence-corrected chi connectivity index (χ1v) is 12.8. The van der Waals surface area contributed by atoms with Crippen molar-refractivity contribution in [2.45, 2.75) is 69.4 Å². The number of aromatic hydroxyl groups is 2. The number of ether oxygens (including phenoxy) is 1. The summed E-state index contributed by atoms with van der Waals surface area (Å²) in [5, 5.41) is 31.8. The van der Waals surface area contributed by atoms with Gasteiger partial charge in [-0.1, -0.05) is 32.4 Å². The summed E-state index contributed by atoms with van der Waals surface area (Å²) in [5.74, 6) is -1.35. The number of carbonyl (C=O) groups excluding carboxylic acids is 2. The largest absolute Gasteiger partial charge is 0.504 e. The maximum atomic E-state index is 13.3. The van der Waals surface area contributed by atoms with Crippen LogP contribution in [0.25, 0.3) is 0 Å². The van der Waals surface area contributed by atoms with Gasteiger partial charge in [-0.15, -0.1) is 0 Å². The van der Waals surface area contributed by atoms with Crippen LogP contribution in [0.3, 0.4) is 0 Å². The van der Waals surface area contributed by atoms with Crippen molar-refractivity contribution < 1.29 is 56.0 Å². The van der Waals surface area contributed by atoms with Gasteiger partial charge in [-0.25, -0.2) is 4.79 Å². The minimum Gasteiger partial charge on any atom is -0.504 e. The molecule has 226 valence electrons. The minimum atomic E-state index is -6.01. The van der Waals surface area contributed by atoms with Gasteiger partial charge in [-0.3, -0.25) is 9.69 Å². The molecule has 2 aromatic carbocycles. The SMILES string of the molecule is CCCc1cc(C(O)(C(F)(F)F)C(F)(F)F)ccc1OCCCCN1C(=O)NC(CC)(c2ccc(O)c(O)c2)C1=O. The van der Waals surface area contributed by atoms with Gasteiger partial charge >= 0.3 is 18.4 Å². The average molecular weight is 593 g/mol. The van der Waals surface area contributed by atoms with E-state index in [4.69, 9.17) is 4.74 Å². The molecule has 0 spiro atoms. The van der Waals surface area contributed by atoms with E-state index < -0.39 is 46.7 Å². The quantitative estimate of drug-likeness (QED) is 0.120. The van der Waals surface area contributed by atoms with Crippen LogP contribution >= 0.6 is 0 Å². The van der Waals surface area contributed by atoms with Crippen LogP contribution in [0, 0.1) is 0 Å². The number of nitrogens with one attached hydrogen (secondary N) is 1. The lowest BCUT2D eigenvalue weighted by molar-refractivity contribution is -0.376. The fourth-order valence-electron chi connectivity index (χ4n) is 4.71. The normalized spacial score (nSPS) is 18.1. The van der Waals surface area contributed by atoms with Gasteiger partial charge in [0.1, 0.15) is 11.3 Å². The van der Waals surface area contributed by atoms with Crippen LogP contribution in [0.15, 0.2) is 36.4 Å². The zero-order valence-corrected chi connectivity index (χ0v) is 22.2. The van der Waals surface area contributed by atoms with Gasteiger partial charge in [0.15, 0.2) is 11.5 Å². The first-order valence-electron chi connectivity index (χ1n) is 12.8. The Morgan fingerprint density at radius 3 is 2.15 bits per heavy atom. The monoisotopic (exact) mass is 592 g/mol. The van der Waals surface area contributed by atoms with E-state index in [-0.39, 0.29) is 61.5 Å². The average Bonchev–Trinajstić information content (AvgIpc) is 3.14. The van der Waals surface area contributed by atoms with Crippen molar-refractivity contribution in [2.24, 2.45) is 0 Å². The topological polar surface area (TPSA) is 119 Å². The van der Waals surface area contributed by atoms with Crippen LogP contribution in [0.5, 0.6) is 17.2 Å². The molecular weight excluding hydrogens is 562 g/mol. The summed E-state index contributed by atoms with van der Waals surface area (Å²) >= 11 is 0. The Kier molecular flexibility index (Phi) is 9.06. The number of phenolic OH excluding ortho intramolecular Hbond substituents is 2. The van der Waals surface area contributed by atoms with E-state index in [0.717, 1.165) is 11.0 Å². The van der Waals surface area contributed by atoms with Crippen LogP contribution in [-0.2, 0) is 22.4 Å². The highest BCUT2D eigenvalue weighted by atomic mass is 19.4. The van der Waals surface area contributed by atoms with E-state index in [9.17, 15) is 51.3 Å². The maximum Gasteiger partial charge on any atom is 0.430 e. The van der Waals surface area contributed by atoms with Gasteiger partial charge in [-0.2, -0.15) is 26.3 Å². The van der Waals surface area contributed by atoms with Crippen molar-refractivity contribution in [3.05, 3.63) is 53.1 Å². The molecule has 1 saturated heterocycles. The predicted molar refractivity (Wildman–Crippen MR) is 133 cm³/mol. The smallest absolute Gasteiger partial charge is 0.430 e. The van der Waals surface area contributed by atoms with Crippen molar-refractivity contribution in [3.63, 3.8) is 0 Å². The summed E-state index contributed by atoms with van der Waals surface area (Å²) in [6.45, 7) is 3.31. The summed E-state index contributed by atoms with van der Waals surface area (Å²) < 4.78 is 85.4. The molecule has 0 saturated carbocycles. The van der Waals surface area contributed by atoms with Gasteiger partial charge < -0.3 is 25.4 Å². The maximum absolute atomic E-state index is 13.3. The zero-order valence-electron chi connectivity index (χ0n) is 22.2. The molecule has 1 aliphatic rings. The number of hydrogen-bond donors (Lipinski definition) is 4. The van der Waals surface area contributed by atoms with Crippen LogP contribution in [0.1, 0.15) is 56.2 Å². The van der Waals surface area contributed by atoms with Crippen molar-refractivity contribution in [1.82, 2.24) is 10.2 Å². The van der Waals surface area contributed by atoms with Gasteiger partial charge in [0, 0.05) is 12.1 Å². The molecule has 2 aromatic rings. The lowest BCUT2D eigenvalue weighted by Gasteiger charge is -2.33. The highest BCUT2D eigenvalue weighted by molar-refractivity contribution is 6.07. The number of unbranched alkanes of at least 4 members (excludes halogenated alkanes) is 1. The Hall–Kier alpha value is -3.68. The highest BCUT2D eigenvalue weighted by Gasteiger charge is 2.71. The molecule has 3 rings (SSSR count). The van der Waals surface area contributed by atoms with Gasteiger partial charge in [0.05, 0.1) is 6.61 Å². The highest BCUT2D eigenvalue weighted by Crippen LogP contribution is 2.50. The fourth-order valence-corrected chi connectivity index (χ4v) is 4.71. The van der Waals surface area contributed by atoms with E-state index in [1.165, 1.54) is 18.2 Å². The number of phenols is 2. The third-order valence-corrected chi connectivity index (χ3v) is 7.03. The van der Waals surface area contributed by atoms with Crippen LogP contribution < -0.4 is 10.1 Å². The number of urea groups is 1. The lowest BCUT2D eigenvalue weighted by Crippen LogP contribution is -2.53. The molecule has 8 nitrogen and oxygen atoms in total. The number of halogens is 6. The molecule has 4 N–H and O–H groups in total. The Morgan fingerprint density at radius 1 is 0.927 bits per heavy atom. The molecule has 0 radical (unpaired) electrons. The minimum absolute atomic E-state index is 0.00913. The zero-order chi connectivity index (χ0) is 30.8. The Labute approximate surface area is 231 Å². The summed E-state index contributed by atoms with van der Waals surface area (Å²) in [4.78, 5) is 26.8. The van der Waals surface area contributed by atoms with E-state index in [1.54, 1.807) is 13.8 Å². The number of imide groups is 1. The molecule has 1 unspecified atom stereocenters. The summed E-state index contributed by atoms with van der Waals surface area (Å²) in [6.07, 6.45) is -10.8. The molecule has 3 amide bonds. The summed E-state index contributed by atoms with van der Waals surface area (Å²) in [5.41, 5.74) is -7.51. The first kappa shape index (κ1) is 31.8. The van der Waals surface area contributed by atoms with E-state index >= 15 is 0 Å². The summed E-state index contributed by atoms with van der Waals surface area (Å²) in [7, 11) is 0. The van der Waals surface area contributed by atoms with E-state index in [2.05, 4.69) is 5.32 Å². The van der Waals surface area contributed by atoms with Crippen molar-refractivity contribution in [1.29, 1.82) is 0 Å². The van der Waals surface area contributed by atoms with Crippen molar-refractivity contribution in [2.75, 3.05) is 13.2 Å². The van der Waals surface area contributed by atoms with Gasteiger partial charge in [0.25, 0.3) is 11.5 Å². The lowest BCUT2D eigenvalue weighted by atomic mass is 9.87. The van der Waals surface area contributed by atoms with Crippen molar-refractivity contribution >= 4 is 11.9 Å². The number of aryl methyl sites for hydroxylation is 1. The third-order valence-electron chi connectivity index (χ3n) is 7.03. The first-order chi connectivity index (χ1) is 19.0. The molecule has 0 aromatic heterocycles. The van der Waals surface area contributed by atoms with Crippen LogP contribution in [0.2, 0.25) is 0 Å². The Morgan fingerprint density at radius 2 is 1.59 bits per heavy atom. The second-order valence-electron chi connectivity index (χ2n) is 9.68. The van der Waals surface area contributed by atoms with Gasteiger partial charge in [-0.05, 0) is 61.1 Å². The molecule has 1 aliphatic heterocycles.